The number of aromatic nitrogens is 2. The third kappa shape index (κ3) is 3.23. The third-order valence-electron chi connectivity index (χ3n) is 4.13. The summed E-state index contributed by atoms with van der Waals surface area (Å²) < 4.78 is 32.6. The van der Waals surface area contributed by atoms with E-state index in [2.05, 4.69) is 15.5 Å². The summed E-state index contributed by atoms with van der Waals surface area (Å²) >= 11 is 0. The van der Waals surface area contributed by atoms with Crippen LogP contribution in [-0.4, -0.2) is 47.4 Å². The van der Waals surface area contributed by atoms with Crippen LogP contribution in [0.5, 0.6) is 0 Å². The second kappa shape index (κ2) is 6.96. The van der Waals surface area contributed by atoms with Gasteiger partial charge in [-0.2, -0.15) is 5.10 Å². The first-order chi connectivity index (χ1) is 11.6. The highest BCUT2D eigenvalue weighted by molar-refractivity contribution is 5.67. The minimum Gasteiger partial charge on any atom is -0.453 e. The van der Waals surface area contributed by atoms with Crippen molar-refractivity contribution in [2.75, 3.05) is 20.2 Å². The lowest BCUT2D eigenvalue weighted by atomic mass is 10.1. The van der Waals surface area contributed by atoms with Gasteiger partial charge in [-0.05, 0) is 18.6 Å². The summed E-state index contributed by atoms with van der Waals surface area (Å²) in [6, 6.07) is 3.84. The van der Waals surface area contributed by atoms with Crippen molar-refractivity contribution in [3.05, 3.63) is 41.6 Å². The number of ether oxygens (including phenoxy) is 1. The number of hydrogen-bond acceptors (Lipinski definition) is 4. The lowest BCUT2D eigenvalue weighted by Gasteiger charge is -2.15. The summed E-state index contributed by atoms with van der Waals surface area (Å²) in [5, 5.41) is 9.85. The van der Waals surface area contributed by atoms with Crippen LogP contribution in [0.2, 0.25) is 0 Å². The van der Waals surface area contributed by atoms with Gasteiger partial charge in [0.25, 0.3) is 0 Å². The molecule has 3 rings (SSSR count). The Morgan fingerprint density at radius 1 is 1.46 bits per heavy atom. The smallest absolute Gasteiger partial charge is 0.409 e. The molecule has 2 heterocycles. The number of nitrogens with zero attached hydrogens (tertiary/aromatic N) is 2. The van der Waals surface area contributed by atoms with Gasteiger partial charge in [-0.25, -0.2) is 13.6 Å². The fourth-order valence-electron chi connectivity index (χ4n) is 2.87. The van der Waals surface area contributed by atoms with Gasteiger partial charge in [-0.1, -0.05) is 6.07 Å². The van der Waals surface area contributed by atoms with Gasteiger partial charge < -0.3 is 15.0 Å². The minimum absolute atomic E-state index is 0.0947. The minimum atomic E-state index is -0.641. The summed E-state index contributed by atoms with van der Waals surface area (Å²) in [4.78, 5) is 13.1. The van der Waals surface area contributed by atoms with Gasteiger partial charge in [0.2, 0.25) is 0 Å². The molecule has 8 heteroatoms. The number of methoxy groups -OCH3 is 1. The number of carbonyl (C=O) groups is 1. The maximum absolute atomic E-state index is 13.9. The number of carbonyl (C=O) groups excluding carboxylic acids is 1. The number of nitrogens with one attached hydrogen (secondary N) is 2. The highest BCUT2D eigenvalue weighted by Crippen LogP contribution is 2.27. The van der Waals surface area contributed by atoms with E-state index in [9.17, 15) is 13.6 Å². The number of amides is 1. The SMILES string of the molecule is COC(=O)N1CCC(NCc2cn[nH]c2-c2c(F)cccc2F)C1. The molecule has 2 aromatic rings. The zero-order chi connectivity index (χ0) is 17.1. The molecule has 1 atom stereocenters. The number of rotatable bonds is 4. The van der Waals surface area contributed by atoms with Crippen molar-refractivity contribution < 1.29 is 18.3 Å². The van der Waals surface area contributed by atoms with Crippen molar-refractivity contribution in [2.24, 2.45) is 0 Å². The summed E-state index contributed by atoms with van der Waals surface area (Å²) in [6.45, 7) is 1.54. The van der Waals surface area contributed by atoms with E-state index < -0.39 is 11.6 Å². The molecular weight excluding hydrogens is 318 g/mol. The van der Waals surface area contributed by atoms with E-state index in [1.165, 1.54) is 25.3 Å². The molecule has 0 spiro atoms. The second-order valence-corrected chi connectivity index (χ2v) is 5.65. The van der Waals surface area contributed by atoms with E-state index in [0.717, 1.165) is 6.42 Å². The lowest BCUT2D eigenvalue weighted by molar-refractivity contribution is 0.132. The van der Waals surface area contributed by atoms with Gasteiger partial charge in [-0.15, -0.1) is 0 Å². The first-order valence-corrected chi connectivity index (χ1v) is 7.63. The summed E-state index contributed by atoms with van der Waals surface area (Å²) in [5.74, 6) is -1.28. The zero-order valence-electron chi connectivity index (χ0n) is 13.2. The van der Waals surface area contributed by atoms with Crippen LogP contribution in [0, 0.1) is 11.6 Å². The molecule has 0 aliphatic carbocycles. The molecule has 0 bridgehead atoms. The van der Waals surface area contributed by atoms with E-state index in [4.69, 9.17) is 4.74 Å². The summed E-state index contributed by atoms with van der Waals surface area (Å²) in [6.07, 6.45) is 1.98. The van der Waals surface area contributed by atoms with Crippen LogP contribution in [0.25, 0.3) is 11.3 Å². The van der Waals surface area contributed by atoms with Gasteiger partial charge in [0, 0.05) is 31.2 Å². The third-order valence-corrected chi connectivity index (χ3v) is 4.13. The van der Waals surface area contributed by atoms with Crippen molar-refractivity contribution in [3.63, 3.8) is 0 Å². The Hall–Kier alpha value is -2.48. The Labute approximate surface area is 137 Å². The van der Waals surface area contributed by atoms with Gasteiger partial charge in [0.05, 0.1) is 24.6 Å². The number of H-pyrrole nitrogens is 1. The second-order valence-electron chi connectivity index (χ2n) is 5.65. The van der Waals surface area contributed by atoms with Crippen molar-refractivity contribution in [1.29, 1.82) is 0 Å². The van der Waals surface area contributed by atoms with E-state index in [1.807, 2.05) is 0 Å². The highest BCUT2D eigenvalue weighted by atomic mass is 19.1. The quantitative estimate of drug-likeness (QED) is 0.899. The van der Waals surface area contributed by atoms with Crippen LogP contribution in [0.15, 0.2) is 24.4 Å². The molecule has 1 unspecified atom stereocenters. The Balaban J connectivity index is 1.68. The largest absolute Gasteiger partial charge is 0.453 e. The lowest BCUT2D eigenvalue weighted by Crippen LogP contribution is -2.34. The molecule has 1 aliphatic heterocycles. The highest BCUT2D eigenvalue weighted by Gasteiger charge is 2.26. The number of benzene rings is 1. The van der Waals surface area contributed by atoms with Crippen molar-refractivity contribution in [1.82, 2.24) is 20.4 Å². The topological polar surface area (TPSA) is 70.2 Å². The fourth-order valence-corrected chi connectivity index (χ4v) is 2.87. The number of aromatic amines is 1. The van der Waals surface area contributed by atoms with Crippen molar-refractivity contribution in [2.45, 2.75) is 19.0 Å². The van der Waals surface area contributed by atoms with Gasteiger partial charge in [-0.3, -0.25) is 5.10 Å². The predicted molar refractivity (Wildman–Crippen MR) is 83.2 cm³/mol. The Bertz CT molecular complexity index is 714. The number of likely N-dealkylation sites (tertiary alicyclic amines) is 1. The molecular formula is C16H18F2N4O2. The van der Waals surface area contributed by atoms with Crippen LogP contribution in [0.4, 0.5) is 13.6 Å². The maximum Gasteiger partial charge on any atom is 0.409 e. The molecule has 128 valence electrons. The van der Waals surface area contributed by atoms with Crippen LogP contribution in [0.3, 0.4) is 0 Å². The number of halogens is 2. The molecule has 24 heavy (non-hydrogen) atoms. The molecule has 0 saturated carbocycles. The summed E-state index contributed by atoms with van der Waals surface area (Å²) in [5.41, 5.74) is 0.867. The van der Waals surface area contributed by atoms with Crippen LogP contribution in [0.1, 0.15) is 12.0 Å². The predicted octanol–water partition coefficient (Wildman–Crippen LogP) is 2.29. The molecule has 1 aromatic heterocycles. The van der Waals surface area contributed by atoms with Gasteiger partial charge in [0.15, 0.2) is 0 Å². The average Bonchev–Trinajstić information content (AvgIpc) is 3.21. The van der Waals surface area contributed by atoms with Gasteiger partial charge >= 0.3 is 6.09 Å². The molecule has 2 N–H and O–H groups in total. The average molecular weight is 336 g/mol. The van der Waals surface area contributed by atoms with E-state index in [-0.39, 0.29) is 17.7 Å². The monoisotopic (exact) mass is 336 g/mol. The Kier molecular flexibility index (Phi) is 4.75. The molecule has 0 radical (unpaired) electrons. The van der Waals surface area contributed by atoms with Crippen LogP contribution in [-0.2, 0) is 11.3 Å². The van der Waals surface area contributed by atoms with E-state index >= 15 is 0 Å². The van der Waals surface area contributed by atoms with Gasteiger partial charge in [0.1, 0.15) is 11.6 Å². The van der Waals surface area contributed by atoms with Crippen LogP contribution < -0.4 is 5.32 Å². The van der Waals surface area contributed by atoms with E-state index in [1.54, 1.807) is 11.1 Å². The maximum atomic E-state index is 13.9. The number of hydrogen-bond donors (Lipinski definition) is 2. The molecule has 6 nitrogen and oxygen atoms in total. The van der Waals surface area contributed by atoms with Crippen LogP contribution >= 0.6 is 0 Å². The Morgan fingerprint density at radius 2 is 2.21 bits per heavy atom. The van der Waals surface area contributed by atoms with Crippen molar-refractivity contribution in [3.8, 4) is 11.3 Å². The first kappa shape index (κ1) is 16.4. The standard InChI is InChI=1S/C16H18F2N4O2/c1-24-16(23)22-6-5-11(9-22)19-7-10-8-20-21-15(10)14-12(17)3-2-4-13(14)18/h2-4,8,11,19H,5-7,9H2,1H3,(H,20,21). The molecule has 1 amide bonds. The Morgan fingerprint density at radius 3 is 2.92 bits per heavy atom. The van der Waals surface area contributed by atoms with E-state index in [0.29, 0.717) is 30.9 Å². The zero-order valence-corrected chi connectivity index (χ0v) is 13.2. The molecule has 1 aromatic carbocycles. The molecule has 1 saturated heterocycles. The molecule has 1 aliphatic rings. The van der Waals surface area contributed by atoms with Crippen molar-refractivity contribution >= 4 is 6.09 Å². The summed E-state index contributed by atoms with van der Waals surface area (Å²) in [7, 11) is 1.35. The first-order valence-electron chi connectivity index (χ1n) is 7.63. The normalized spacial score (nSPS) is 17.3. The fraction of sp³-hybridized carbons (Fsp3) is 0.375. The molecule has 1 fully saturated rings.